The third kappa shape index (κ3) is 4.34. The average molecular weight is 384 g/mol. The van der Waals surface area contributed by atoms with E-state index in [-0.39, 0.29) is 36.1 Å². The number of ether oxygens (including phenoxy) is 1. The van der Waals surface area contributed by atoms with Gasteiger partial charge in [0.05, 0.1) is 35.8 Å². The molecule has 2 aromatic rings. The van der Waals surface area contributed by atoms with Crippen molar-refractivity contribution in [2.45, 2.75) is 13.5 Å². The topological polar surface area (TPSA) is 111 Å². The monoisotopic (exact) mass is 384 g/mol. The predicted molar refractivity (Wildman–Crippen MR) is 105 cm³/mol. The van der Waals surface area contributed by atoms with Gasteiger partial charge in [-0.15, -0.1) is 0 Å². The summed E-state index contributed by atoms with van der Waals surface area (Å²) in [6.07, 6.45) is 1.66. The number of Topliss-reactive ketones (excluding diaryl/α,β-unsaturated/α-hetero) is 1. The molecular weight excluding hydrogens is 364 g/mol. The van der Waals surface area contributed by atoms with Gasteiger partial charge < -0.3 is 9.75 Å². The number of aryl methyl sites for hydroxylation is 1. The molecule has 0 aliphatic carbocycles. The third-order valence-corrected chi connectivity index (χ3v) is 4.42. The van der Waals surface area contributed by atoms with Gasteiger partial charge in [-0.3, -0.25) is 9.80 Å². The molecule has 1 aliphatic heterocycles. The van der Waals surface area contributed by atoms with Crippen LogP contribution in [0.4, 0.5) is 5.69 Å². The summed E-state index contributed by atoms with van der Waals surface area (Å²) in [5, 5.41) is 2.72. The average Bonchev–Trinajstić information content (AvgIpc) is 2.67. The van der Waals surface area contributed by atoms with Crippen LogP contribution in [-0.4, -0.2) is 39.0 Å². The molecule has 8 nitrogen and oxygen atoms in total. The fraction of sp³-hybridized carbons (Fsp3) is 0.222. The van der Waals surface area contributed by atoms with Crippen molar-refractivity contribution in [3.63, 3.8) is 0 Å². The van der Waals surface area contributed by atoms with E-state index < -0.39 is 0 Å². The fourth-order valence-electron chi connectivity index (χ4n) is 2.70. The van der Waals surface area contributed by atoms with Gasteiger partial charge in [0.25, 0.3) is 0 Å². The largest absolute Gasteiger partial charge is 0.367 e. The van der Waals surface area contributed by atoms with Gasteiger partial charge in [0, 0.05) is 6.20 Å². The van der Waals surface area contributed by atoms with Crippen molar-refractivity contribution in [2.75, 3.05) is 18.2 Å². The first-order valence-electron chi connectivity index (χ1n) is 8.26. The molecular formula is C18H20N6O2S. The Labute approximate surface area is 162 Å². The van der Waals surface area contributed by atoms with Crippen LogP contribution in [0.15, 0.2) is 53.9 Å². The molecule has 0 amide bonds. The number of benzene rings is 1. The van der Waals surface area contributed by atoms with Crippen molar-refractivity contribution in [3.05, 3.63) is 65.4 Å². The number of ketones is 1. The Bertz CT molecular complexity index is 886. The second-order valence-electron chi connectivity index (χ2n) is 5.97. The number of nitrogens with two attached hydrogens (primary N) is 2. The summed E-state index contributed by atoms with van der Waals surface area (Å²) in [5.74, 6) is 12.8. The highest BCUT2D eigenvalue weighted by molar-refractivity contribution is 7.81. The second kappa shape index (κ2) is 8.31. The molecule has 0 atom stereocenters. The number of hydrazine groups is 2. The maximum Gasteiger partial charge on any atom is 0.193 e. The Hall–Kier alpha value is -2.72. The summed E-state index contributed by atoms with van der Waals surface area (Å²) in [7, 11) is 0. The van der Waals surface area contributed by atoms with E-state index in [0.717, 1.165) is 0 Å². The van der Waals surface area contributed by atoms with E-state index >= 15 is 0 Å². The standard InChI is InChI=1S/C18H20N6O2S/c1-12-21-8-7-13(22-12)9-23(19)15-10-26-11-16(25)17(15)18(27)24(20)14-5-3-2-4-6-14/h2-8H,9-11,19-20H2,1H3. The van der Waals surface area contributed by atoms with E-state index in [1.165, 1.54) is 10.0 Å². The summed E-state index contributed by atoms with van der Waals surface area (Å²) in [5.41, 5.74) is 2.15. The highest BCUT2D eigenvalue weighted by Gasteiger charge is 2.29. The van der Waals surface area contributed by atoms with Crippen LogP contribution < -0.4 is 16.7 Å². The number of carbonyl (C=O) groups is 1. The zero-order valence-corrected chi connectivity index (χ0v) is 15.6. The van der Waals surface area contributed by atoms with Gasteiger partial charge >= 0.3 is 0 Å². The Morgan fingerprint density at radius 1 is 1.22 bits per heavy atom. The SMILES string of the molecule is Cc1nccc(CN(N)C2=C(C(=S)N(N)c3ccccc3)C(=O)COC2)n1. The molecule has 0 saturated heterocycles. The van der Waals surface area contributed by atoms with Crippen LogP contribution in [-0.2, 0) is 16.1 Å². The van der Waals surface area contributed by atoms with E-state index in [9.17, 15) is 4.79 Å². The van der Waals surface area contributed by atoms with Gasteiger partial charge in [0.1, 0.15) is 17.4 Å². The Kier molecular flexibility index (Phi) is 5.87. The number of rotatable bonds is 5. The van der Waals surface area contributed by atoms with E-state index in [1.54, 1.807) is 31.3 Å². The number of anilines is 1. The summed E-state index contributed by atoms with van der Waals surface area (Å²) in [4.78, 5) is 21.1. The molecule has 0 radical (unpaired) electrons. The fourth-order valence-corrected chi connectivity index (χ4v) is 3.04. The van der Waals surface area contributed by atoms with Gasteiger partial charge in [-0.25, -0.2) is 21.7 Å². The lowest BCUT2D eigenvalue weighted by molar-refractivity contribution is -0.120. The maximum absolute atomic E-state index is 12.5. The molecule has 1 aliphatic rings. The van der Waals surface area contributed by atoms with Crippen molar-refractivity contribution in [1.29, 1.82) is 0 Å². The van der Waals surface area contributed by atoms with E-state index in [0.29, 0.717) is 22.9 Å². The number of aromatic nitrogens is 2. The summed E-state index contributed by atoms with van der Waals surface area (Å²) >= 11 is 5.50. The zero-order valence-electron chi connectivity index (χ0n) is 14.8. The van der Waals surface area contributed by atoms with Crippen molar-refractivity contribution < 1.29 is 9.53 Å². The molecule has 0 fully saturated rings. The molecule has 27 heavy (non-hydrogen) atoms. The minimum atomic E-state index is -0.262. The van der Waals surface area contributed by atoms with Gasteiger partial charge in [-0.2, -0.15) is 0 Å². The molecule has 0 bridgehead atoms. The molecule has 4 N–H and O–H groups in total. The number of carbonyl (C=O) groups excluding carboxylic acids is 1. The van der Waals surface area contributed by atoms with Crippen molar-refractivity contribution in [2.24, 2.45) is 11.7 Å². The van der Waals surface area contributed by atoms with Crippen molar-refractivity contribution >= 4 is 28.7 Å². The van der Waals surface area contributed by atoms with Gasteiger partial charge in [0.2, 0.25) is 0 Å². The first kappa shape index (κ1) is 19.1. The Morgan fingerprint density at radius 2 is 1.96 bits per heavy atom. The lowest BCUT2D eigenvalue weighted by Crippen LogP contribution is -2.45. The number of hydrogen-bond acceptors (Lipinski definition) is 8. The lowest BCUT2D eigenvalue weighted by atomic mass is 10.1. The van der Waals surface area contributed by atoms with Crippen LogP contribution in [0, 0.1) is 6.92 Å². The molecule has 0 unspecified atom stereocenters. The molecule has 1 aromatic carbocycles. The third-order valence-electron chi connectivity index (χ3n) is 4.02. The Morgan fingerprint density at radius 3 is 2.67 bits per heavy atom. The molecule has 0 saturated carbocycles. The number of nitrogens with zero attached hydrogens (tertiary/aromatic N) is 4. The van der Waals surface area contributed by atoms with E-state index in [2.05, 4.69) is 9.97 Å². The quantitative estimate of drug-likeness (QED) is 0.443. The number of hydrogen-bond donors (Lipinski definition) is 2. The van der Waals surface area contributed by atoms with Crippen LogP contribution in [0.3, 0.4) is 0 Å². The van der Waals surface area contributed by atoms with Crippen LogP contribution in [0.5, 0.6) is 0 Å². The highest BCUT2D eigenvalue weighted by atomic mass is 32.1. The van der Waals surface area contributed by atoms with Crippen LogP contribution >= 0.6 is 12.2 Å². The van der Waals surface area contributed by atoms with Crippen LogP contribution in [0.1, 0.15) is 11.5 Å². The van der Waals surface area contributed by atoms with Gasteiger partial charge in [0.15, 0.2) is 5.78 Å². The van der Waals surface area contributed by atoms with Crippen LogP contribution in [0.2, 0.25) is 0 Å². The number of thiocarbonyl (C=S) groups is 1. The first-order valence-corrected chi connectivity index (χ1v) is 8.67. The predicted octanol–water partition coefficient (Wildman–Crippen LogP) is 1.02. The molecule has 140 valence electrons. The van der Waals surface area contributed by atoms with Gasteiger partial charge in [-0.05, 0) is 25.1 Å². The van der Waals surface area contributed by atoms with Gasteiger partial charge in [-0.1, -0.05) is 30.4 Å². The normalized spacial score (nSPS) is 14.3. The molecule has 0 spiro atoms. The van der Waals surface area contributed by atoms with E-state index in [1.807, 2.05) is 18.2 Å². The van der Waals surface area contributed by atoms with Crippen LogP contribution in [0.25, 0.3) is 0 Å². The zero-order chi connectivity index (χ0) is 19.4. The lowest BCUT2D eigenvalue weighted by Gasteiger charge is -2.30. The minimum absolute atomic E-state index is 0.0674. The summed E-state index contributed by atoms with van der Waals surface area (Å²) in [6, 6.07) is 10.9. The minimum Gasteiger partial charge on any atom is -0.367 e. The summed E-state index contributed by atoms with van der Waals surface area (Å²) in [6.45, 7) is 2.16. The molecule has 1 aromatic heterocycles. The van der Waals surface area contributed by atoms with Crippen molar-refractivity contribution in [3.8, 4) is 0 Å². The Balaban J connectivity index is 1.91. The number of para-hydroxylation sites is 1. The second-order valence-corrected chi connectivity index (χ2v) is 6.36. The van der Waals surface area contributed by atoms with Crippen molar-refractivity contribution in [1.82, 2.24) is 15.0 Å². The molecule has 2 heterocycles. The molecule has 9 heteroatoms. The summed E-state index contributed by atoms with van der Waals surface area (Å²) < 4.78 is 5.36. The maximum atomic E-state index is 12.5. The smallest absolute Gasteiger partial charge is 0.193 e. The highest BCUT2D eigenvalue weighted by Crippen LogP contribution is 2.22. The van der Waals surface area contributed by atoms with E-state index in [4.69, 9.17) is 28.6 Å². The first-order chi connectivity index (χ1) is 13.0. The molecule has 3 rings (SSSR count).